The zero-order valence-corrected chi connectivity index (χ0v) is 9.66. The van der Waals surface area contributed by atoms with Crippen LogP contribution in [0.4, 0.5) is 0 Å². The molecule has 76 valence electrons. The molecule has 2 rings (SSSR count). The first-order valence-electron chi connectivity index (χ1n) is 4.42. The van der Waals surface area contributed by atoms with Crippen LogP contribution in [-0.2, 0) is 5.75 Å². The minimum atomic E-state index is 0.637. The number of hydrogen-bond acceptors (Lipinski definition) is 4. The maximum Gasteiger partial charge on any atom is 0.162 e. The summed E-state index contributed by atoms with van der Waals surface area (Å²) >= 11 is 6.00. The maximum absolute atomic E-state index is 5.50. The standard InChI is InChI=1S/C10H12O2S2/c1-14-10-5-9-8(4-7(10)6-13)11-2-3-12-9/h4-5,13H,2-3,6H2,1H3. The van der Waals surface area contributed by atoms with E-state index >= 15 is 0 Å². The molecule has 0 saturated carbocycles. The number of thiol groups is 1. The van der Waals surface area contributed by atoms with Crippen LogP contribution in [0.5, 0.6) is 11.5 Å². The Morgan fingerprint density at radius 2 is 1.93 bits per heavy atom. The lowest BCUT2D eigenvalue weighted by molar-refractivity contribution is 0.171. The number of ether oxygens (including phenoxy) is 2. The second kappa shape index (κ2) is 4.36. The van der Waals surface area contributed by atoms with Crippen molar-refractivity contribution in [2.75, 3.05) is 19.5 Å². The number of benzene rings is 1. The smallest absolute Gasteiger partial charge is 0.162 e. The highest BCUT2D eigenvalue weighted by Crippen LogP contribution is 2.36. The fourth-order valence-corrected chi connectivity index (χ4v) is 2.41. The van der Waals surface area contributed by atoms with Gasteiger partial charge in [0, 0.05) is 10.6 Å². The molecular formula is C10H12O2S2. The van der Waals surface area contributed by atoms with E-state index in [9.17, 15) is 0 Å². The van der Waals surface area contributed by atoms with Crippen LogP contribution in [0.1, 0.15) is 5.56 Å². The van der Waals surface area contributed by atoms with Gasteiger partial charge in [-0.05, 0) is 24.0 Å². The molecule has 0 unspecified atom stereocenters. The Morgan fingerprint density at radius 3 is 2.50 bits per heavy atom. The van der Waals surface area contributed by atoms with Gasteiger partial charge in [-0.3, -0.25) is 0 Å². The quantitative estimate of drug-likeness (QED) is 0.620. The molecule has 1 aromatic carbocycles. The van der Waals surface area contributed by atoms with Crippen LogP contribution in [-0.4, -0.2) is 19.5 Å². The number of thioether (sulfide) groups is 1. The molecule has 0 N–H and O–H groups in total. The number of fused-ring (bicyclic) bond motifs is 1. The lowest BCUT2D eigenvalue weighted by atomic mass is 10.2. The maximum atomic E-state index is 5.50. The van der Waals surface area contributed by atoms with Crippen LogP contribution >= 0.6 is 24.4 Å². The van der Waals surface area contributed by atoms with Crippen LogP contribution in [0.25, 0.3) is 0 Å². The SMILES string of the molecule is CSc1cc2c(cc1CS)OCCO2. The van der Waals surface area contributed by atoms with E-state index in [-0.39, 0.29) is 0 Å². The number of rotatable bonds is 2. The van der Waals surface area contributed by atoms with Gasteiger partial charge in [0.25, 0.3) is 0 Å². The first-order chi connectivity index (χ1) is 6.85. The summed E-state index contributed by atoms with van der Waals surface area (Å²) < 4.78 is 11.0. The first-order valence-corrected chi connectivity index (χ1v) is 6.28. The molecule has 1 aliphatic rings. The summed E-state index contributed by atoms with van der Waals surface area (Å²) in [5.41, 5.74) is 1.20. The molecule has 0 spiro atoms. The molecule has 14 heavy (non-hydrogen) atoms. The molecule has 0 aliphatic carbocycles. The van der Waals surface area contributed by atoms with Crippen LogP contribution in [0.2, 0.25) is 0 Å². The zero-order chi connectivity index (χ0) is 9.97. The van der Waals surface area contributed by atoms with Crippen molar-refractivity contribution < 1.29 is 9.47 Å². The minimum Gasteiger partial charge on any atom is -0.486 e. The average Bonchev–Trinajstić information content (AvgIpc) is 2.27. The Kier molecular flexibility index (Phi) is 3.13. The van der Waals surface area contributed by atoms with Crippen molar-refractivity contribution in [1.82, 2.24) is 0 Å². The third-order valence-corrected chi connectivity index (χ3v) is 3.28. The lowest BCUT2D eigenvalue weighted by Gasteiger charge is -2.20. The molecule has 1 aromatic rings. The Labute approximate surface area is 93.4 Å². The highest BCUT2D eigenvalue weighted by molar-refractivity contribution is 7.98. The van der Waals surface area contributed by atoms with E-state index in [1.165, 1.54) is 10.5 Å². The van der Waals surface area contributed by atoms with E-state index in [1.54, 1.807) is 11.8 Å². The zero-order valence-electron chi connectivity index (χ0n) is 7.95. The summed E-state index contributed by atoms with van der Waals surface area (Å²) in [6.07, 6.45) is 2.05. The highest BCUT2D eigenvalue weighted by Gasteiger charge is 2.14. The molecule has 0 radical (unpaired) electrons. The average molecular weight is 228 g/mol. The van der Waals surface area contributed by atoms with Crippen molar-refractivity contribution in [3.8, 4) is 11.5 Å². The second-order valence-electron chi connectivity index (χ2n) is 2.97. The predicted octanol–water partition coefficient (Wildman–Crippen LogP) is 2.61. The van der Waals surface area contributed by atoms with Gasteiger partial charge >= 0.3 is 0 Å². The van der Waals surface area contributed by atoms with Gasteiger partial charge in [-0.2, -0.15) is 12.6 Å². The van der Waals surface area contributed by atoms with Crippen molar-refractivity contribution in [2.45, 2.75) is 10.6 Å². The van der Waals surface area contributed by atoms with Crippen LogP contribution in [0.15, 0.2) is 17.0 Å². The Hall–Kier alpha value is -0.480. The van der Waals surface area contributed by atoms with Gasteiger partial charge in [0.2, 0.25) is 0 Å². The minimum absolute atomic E-state index is 0.637. The van der Waals surface area contributed by atoms with E-state index in [4.69, 9.17) is 9.47 Å². The van der Waals surface area contributed by atoms with Crippen molar-refractivity contribution >= 4 is 24.4 Å². The van der Waals surface area contributed by atoms with Crippen LogP contribution in [0, 0.1) is 0 Å². The second-order valence-corrected chi connectivity index (χ2v) is 4.13. The summed E-state index contributed by atoms with van der Waals surface area (Å²) in [5, 5.41) is 0. The molecule has 0 bridgehead atoms. The summed E-state index contributed by atoms with van der Waals surface area (Å²) in [6.45, 7) is 1.28. The fourth-order valence-electron chi connectivity index (χ4n) is 1.43. The van der Waals surface area contributed by atoms with Crippen molar-refractivity contribution in [3.05, 3.63) is 17.7 Å². The number of hydrogen-bond donors (Lipinski definition) is 1. The van der Waals surface area contributed by atoms with Crippen molar-refractivity contribution in [3.63, 3.8) is 0 Å². The molecule has 4 heteroatoms. The van der Waals surface area contributed by atoms with Gasteiger partial charge in [-0.1, -0.05) is 0 Å². The lowest BCUT2D eigenvalue weighted by Crippen LogP contribution is -2.15. The third-order valence-electron chi connectivity index (χ3n) is 2.12. The van der Waals surface area contributed by atoms with Gasteiger partial charge in [-0.25, -0.2) is 0 Å². The Bertz CT molecular complexity index is 295. The van der Waals surface area contributed by atoms with Crippen LogP contribution in [0.3, 0.4) is 0 Å². The molecule has 0 saturated heterocycles. The van der Waals surface area contributed by atoms with E-state index in [2.05, 4.69) is 18.9 Å². The monoisotopic (exact) mass is 228 g/mol. The van der Waals surface area contributed by atoms with Crippen molar-refractivity contribution in [2.24, 2.45) is 0 Å². The van der Waals surface area contributed by atoms with Crippen molar-refractivity contribution in [1.29, 1.82) is 0 Å². The summed E-state index contributed by atoms with van der Waals surface area (Å²) in [5.74, 6) is 2.43. The molecule has 0 fully saturated rings. The molecule has 2 nitrogen and oxygen atoms in total. The highest BCUT2D eigenvalue weighted by atomic mass is 32.2. The third kappa shape index (κ3) is 1.81. The van der Waals surface area contributed by atoms with Gasteiger partial charge in [0.1, 0.15) is 13.2 Å². The van der Waals surface area contributed by atoms with E-state index in [0.29, 0.717) is 13.2 Å². The molecule has 1 heterocycles. The van der Waals surface area contributed by atoms with E-state index in [1.807, 2.05) is 12.1 Å². The predicted molar refractivity (Wildman–Crippen MR) is 61.9 cm³/mol. The molecule has 0 amide bonds. The van der Waals surface area contributed by atoms with Gasteiger partial charge in [-0.15, -0.1) is 11.8 Å². The normalized spacial score (nSPS) is 14.1. The topological polar surface area (TPSA) is 18.5 Å². The van der Waals surface area contributed by atoms with Gasteiger partial charge < -0.3 is 9.47 Å². The Balaban J connectivity index is 2.43. The summed E-state index contributed by atoms with van der Waals surface area (Å²) in [6, 6.07) is 4.05. The van der Waals surface area contributed by atoms with E-state index in [0.717, 1.165) is 17.3 Å². The largest absolute Gasteiger partial charge is 0.486 e. The van der Waals surface area contributed by atoms with Gasteiger partial charge in [0.05, 0.1) is 0 Å². The van der Waals surface area contributed by atoms with Crippen LogP contribution < -0.4 is 9.47 Å². The van der Waals surface area contributed by atoms with Gasteiger partial charge in [0.15, 0.2) is 11.5 Å². The molecule has 0 atom stereocenters. The molecule has 1 aliphatic heterocycles. The summed E-state index contributed by atoms with van der Waals surface area (Å²) in [4.78, 5) is 1.21. The molecular weight excluding hydrogens is 216 g/mol. The summed E-state index contributed by atoms with van der Waals surface area (Å²) in [7, 11) is 0. The Morgan fingerprint density at radius 1 is 1.29 bits per heavy atom. The first kappa shape index (κ1) is 10.1. The molecule has 0 aromatic heterocycles. The van der Waals surface area contributed by atoms with E-state index < -0.39 is 0 Å². The fraction of sp³-hybridized carbons (Fsp3) is 0.400.